The van der Waals surface area contributed by atoms with Crippen molar-refractivity contribution in [1.29, 1.82) is 0 Å². The molecule has 1 heterocycles. The average Bonchev–Trinajstić information content (AvgIpc) is 2.81. The minimum atomic E-state index is 0.380. The first kappa shape index (κ1) is 13.7. The summed E-state index contributed by atoms with van der Waals surface area (Å²) in [6.07, 6.45) is 0. The van der Waals surface area contributed by atoms with Gasteiger partial charge in [-0.3, -0.25) is 0 Å². The Balaban J connectivity index is 1.87. The van der Waals surface area contributed by atoms with Crippen molar-refractivity contribution in [2.45, 2.75) is 12.5 Å². The summed E-state index contributed by atoms with van der Waals surface area (Å²) in [6.45, 7) is 2.47. The number of nitrogens with two attached hydrogens (primary N) is 1. The smallest absolute Gasteiger partial charge is 0.0327 e. The standard InChI is InChI=1S/C14H17BrN2S/c15-13-6-7-18-14(13)10-17-9-12(8-16)11-4-2-1-3-5-11/h1-7,12,17H,8-10,16H2. The van der Waals surface area contributed by atoms with Crippen LogP contribution >= 0.6 is 27.3 Å². The Labute approximate surface area is 120 Å². The monoisotopic (exact) mass is 324 g/mol. The first-order chi connectivity index (χ1) is 8.81. The first-order valence-corrected chi connectivity index (χ1v) is 7.66. The van der Waals surface area contributed by atoms with E-state index in [0.29, 0.717) is 12.5 Å². The SMILES string of the molecule is NCC(CNCc1sccc1Br)c1ccccc1. The Hall–Kier alpha value is -0.680. The highest BCUT2D eigenvalue weighted by Gasteiger charge is 2.09. The fraction of sp³-hybridized carbons (Fsp3) is 0.286. The van der Waals surface area contributed by atoms with Gasteiger partial charge in [0, 0.05) is 34.9 Å². The Morgan fingerprint density at radius 2 is 2.00 bits per heavy atom. The van der Waals surface area contributed by atoms with E-state index in [4.69, 9.17) is 5.73 Å². The van der Waals surface area contributed by atoms with Crippen LogP contribution in [0.3, 0.4) is 0 Å². The van der Waals surface area contributed by atoms with Crippen molar-refractivity contribution in [3.8, 4) is 0 Å². The van der Waals surface area contributed by atoms with Crippen LogP contribution in [0.2, 0.25) is 0 Å². The van der Waals surface area contributed by atoms with Crippen molar-refractivity contribution in [1.82, 2.24) is 5.32 Å². The van der Waals surface area contributed by atoms with Crippen LogP contribution in [0.15, 0.2) is 46.3 Å². The first-order valence-electron chi connectivity index (χ1n) is 5.99. The van der Waals surface area contributed by atoms with Crippen LogP contribution in [-0.2, 0) is 6.54 Å². The third-order valence-electron chi connectivity index (χ3n) is 2.92. The number of benzene rings is 1. The molecule has 2 rings (SSSR count). The zero-order valence-corrected chi connectivity index (χ0v) is 12.5. The van der Waals surface area contributed by atoms with Gasteiger partial charge < -0.3 is 11.1 Å². The molecule has 0 saturated carbocycles. The van der Waals surface area contributed by atoms with Crippen molar-refractivity contribution in [2.75, 3.05) is 13.1 Å². The summed E-state index contributed by atoms with van der Waals surface area (Å²) >= 11 is 5.31. The molecule has 0 aliphatic carbocycles. The Morgan fingerprint density at radius 3 is 2.61 bits per heavy atom. The summed E-state index contributed by atoms with van der Waals surface area (Å²) in [4.78, 5) is 1.33. The van der Waals surface area contributed by atoms with Crippen molar-refractivity contribution in [3.05, 3.63) is 56.7 Å². The molecule has 2 aromatic rings. The molecular formula is C14H17BrN2S. The Bertz CT molecular complexity index is 470. The van der Waals surface area contributed by atoms with Gasteiger partial charge in [0.2, 0.25) is 0 Å². The summed E-state index contributed by atoms with van der Waals surface area (Å²) in [5.74, 6) is 0.380. The van der Waals surface area contributed by atoms with Crippen molar-refractivity contribution < 1.29 is 0 Å². The van der Waals surface area contributed by atoms with E-state index in [9.17, 15) is 0 Å². The summed E-state index contributed by atoms with van der Waals surface area (Å²) < 4.78 is 1.18. The van der Waals surface area contributed by atoms with Gasteiger partial charge in [-0.2, -0.15) is 0 Å². The van der Waals surface area contributed by atoms with E-state index in [1.165, 1.54) is 14.9 Å². The number of hydrogen-bond donors (Lipinski definition) is 2. The maximum atomic E-state index is 5.85. The van der Waals surface area contributed by atoms with Crippen LogP contribution in [0.1, 0.15) is 16.4 Å². The van der Waals surface area contributed by atoms with Gasteiger partial charge in [0.15, 0.2) is 0 Å². The maximum Gasteiger partial charge on any atom is 0.0327 e. The van der Waals surface area contributed by atoms with E-state index in [0.717, 1.165) is 13.1 Å². The van der Waals surface area contributed by atoms with Crippen LogP contribution in [0.5, 0.6) is 0 Å². The second-order valence-electron chi connectivity index (χ2n) is 4.17. The molecule has 1 unspecified atom stereocenters. The quantitative estimate of drug-likeness (QED) is 0.855. The number of thiophene rings is 1. The molecule has 3 N–H and O–H groups in total. The summed E-state index contributed by atoms with van der Waals surface area (Å²) in [5.41, 5.74) is 7.15. The molecule has 0 bridgehead atoms. The molecule has 0 spiro atoms. The topological polar surface area (TPSA) is 38.0 Å². The Kier molecular flexibility index (Phi) is 5.38. The molecule has 0 amide bonds. The van der Waals surface area contributed by atoms with Crippen LogP contribution in [0.25, 0.3) is 0 Å². The molecule has 0 aliphatic rings. The van der Waals surface area contributed by atoms with Crippen molar-refractivity contribution in [3.63, 3.8) is 0 Å². The molecule has 1 atom stereocenters. The van der Waals surface area contributed by atoms with E-state index in [1.807, 2.05) is 6.07 Å². The molecule has 2 nitrogen and oxygen atoms in total. The summed E-state index contributed by atoms with van der Waals surface area (Å²) in [6, 6.07) is 12.5. The fourth-order valence-corrected chi connectivity index (χ4v) is 3.34. The lowest BCUT2D eigenvalue weighted by Gasteiger charge is -2.15. The molecular weight excluding hydrogens is 308 g/mol. The molecule has 1 aromatic heterocycles. The van der Waals surface area contributed by atoms with Crippen LogP contribution in [0.4, 0.5) is 0 Å². The zero-order chi connectivity index (χ0) is 12.8. The van der Waals surface area contributed by atoms with Gasteiger partial charge in [-0.15, -0.1) is 11.3 Å². The maximum absolute atomic E-state index is 5.85. The molecule has 4 heteroatoms. The fourth-order valence-electron chi connectivity index (χ4n) is 1.87. The van der Waals surface area contributed by atoms with Crippen LogP contribution in [-0.4, -0.2) is 13.1 Å². The van der Waals surface area contributed by atoms with Crippen LogP contribution < -0.4 is 11.1 Å². The summed E-state index contributed by atoms with van der Waals surface area (Å²) in [7, 11) is 0. The largest absolute Gasteiger partial charge is 0.330 e. The van der Waals surface area contributed by atoms with Gasteiger partial charge >= 0.3 is 0 Å². The zero-order valence-electron chi connectivity index (χ0n) is 10.1. The molecule has 96 valence electrons. The lowest BCUT2D eigenvalue weighted by molar-refractivity contribution is 0.591. The highest BCUT2D eigenvalue weighted by molar-refractivity contribution is 9.10. The van der Waals surface area contributed by atoms with Crippen LogP contribution in [0, 0.1) is 0 Å². The van der Waals surface area contributed by atoms with E-state index in [2.05, 4.69) is 57.0 Å². The third-order valence-corrected chi connectivity index (χ3v) is 4.85. The number of nitrogens with one attached hydrogen (secondary N) is 1. The van der Waals surface area contributed by atoms with Gasteiger partial charge in [-0.25, -0.2) is 0 Å². The van der Waals surface area contributed by atoms with E-state index < -0.39 is 0 Å². The molecule has 0 fully saturated rings. The van der Waals surface area contributed by atoms with Gasteiger partial charge in [0.25, 0.3) is 0 Å². The van der Waals surface area contributed by atoms with Gasteiger partial charge in [0.1, 0.15) is 0 Å². The van der Waals surface area contributed by atoms with Gasteiger partial charge in [0.05, 0.1) is 0 Å². The highest BCUT2D eigenvalue weighted by Crippen LogP contribution is 2.22. The van der Waals surface area contributed by atoms with E-state index in [1.54, 1.807) is 11.3 Å². The third kappa shape index (κ3) is 3.65. The summed E-state index contributed by atoms with van der Waals surface area (Å²) in [5, 5.41) is 5.57. The van der Waals surface area contributed by atoms with Gasteiger partial charge in [-0.1, -0.05) is 30.3 Å². The molecule has 18 heavy (non-hydrogen) atoms. The minimum absolute atomic E-state index is 0.380. The molecule has 0 saturated heterocycles. The number of halogens is 1. The predicted molar refractivity (Wildman–Crippen MR) is 82.0 cm³/mol. The average molecular weight is 325 g/mol. The normalized spacial score (nSPS) is 12.6. The van der Waals surface area contributed by atoms with Crippen molar-refractivity contribution >= 4 is 27.3 Å². The van der Waals surface area contributed by atoms with E-state index in [-0.39, 0.29) is 0 Å². The minimum Gasteiger partial charge on any atom is -0.330 e. The predicted octanol–water partition coefficient (Wildman–Crippen LogP) is 3.34. The number of rotatable bonds is 6. The molecule has 1 aromatic carbocycles. The lowest BCUT2D eigenvalue weighted by atomic mass is 9.99. The Morgan fingerprint density at radius 1 is 1.22 bits per heavy atom. The lowest BCUT2D eigenvalue weighted by Crippen LogP contribution is -2.26. The van der Waals surface area contributed by atoms with Gasteiger partial charge in [-0.05, 0) is 32.9 Å². The van der Waals surface area contributed by atoms with E-state index >= 15 is 0 Å². The second kappa shape index (κ2) is 7.04. The molecule has 0 radical (unpaired) electrons. The number of hydrogen-bond acceptors (Lipinski definition) is 3. The second-order valence-corrected chi connectivity index (χ2v) is 6.02. The molecule has 0 aliphatic heterocycles. The van der Waals surface area contributed by atoms with Crippen molar-refractivity contribution in [2.24, 2.45) is 5.73 Å². The highest BCUT2D eigenvalue weighted by atomic mass is 79.9.